The summed E-state index contributed by atoms with van der Waals surface area (Å²) in [5, 5.41) is -0.801. The number of benzene rings is 1. The number of rotatable bonds is 34. The van der Waals surface area contributed by atoms with Crippen LogP contribution in [0.25, 0.3) is 0 Å². The van der Waals surface area contributed by atoms with E-state index in [4.69, 9.17) is 23.2 Å². The first-order chi connectivity index (χ1) is 23.4. The predicted octanol–water partition coefficient (Wildman–Crippen LogP) is 16.3. The Morgan fingerprint density at radius 2 is 0.542 bits per heavy atom. The highest BCUT2D eigenvalue weighted by molar-refractivity contribution is 8.03. The van der Waals surface area contributed by atoms with Crippen LogP contribution in [0, 0.1) is 0 Å². The molecule has 0 N–H and O–H groups in total. The molecule has 0 bridgehead atoms. The monoisotopic (exact) mass is 778 g/mol. The van der Waals surface area contributed by atoms with Crippen molar-refractivity contribution in [2.24, 2.45) is 0 Å². The first-order valence-corrected chi connectivity index (χ1v) is 24.3. The van der Waals surface area contributed by atoms with Gasteiger partial charge in [-0.2, -0.15) is 0 Å². The highest BCUT2D eigenvalue weighted by Gasteiger charge is 2.30. The first-order valence-electron chi connectivity index (χ1n) is 19.6. The van der Waals surface area contributed by atoms with E-state index in [0.717, 1.165) is 68.3 Å². The molecule has 48 heavy (non-hydrogen) atoms. The molecule has 1 rings (SSSR count). The van der Waals surface area contributed by atoms with E-state index in [1.807, 2.05) is 0 Å². The number of unbranched alkanes of at least 4 members (excludes halogenated alkanes) is 20. The van der Waals surface area contributed by atoms with Crippen molar-refractivity contribution in [2.45, 2.75) is 201 Å². The highest BCUT2D eigenvalue weighted by Crippen LogP contribution is 2.49. The Kier molecular flexibility index (Phi) is 31.2. The molecule has 0 aromatic heterocycles. The molecule has 1 aromatic rings. The van der Waals surface area contributed by atoms with Crippen molar-refractivity contribution in [2.75, 3.05) is 23.0 Å². The first kappa shape index (κ1) is 46.6. The Morgan fingerprint density at radius 1 is 0.354 bits per heavy atom. The SMILES string of the molecule is CCCCCCCCSc1c(SCCCCCCCC)c(C(=O)Cl)c(SCCCCCCCC)c(SCCCCCCCC)c1C(=O)Cl. The van der Waals surface area contributed by atoms with Crippen LogP contribution in [-0.2, 0) is 0 Å². The summed E-state index contributed by atoms with van der Waals surface area (Å²) < 4.78 is 0. The largest absolute Gasteiger partial charge is 0.276 e. The maximum atomic E-state index is 13.4. The summed E-state index contributed by atoms with van der Waals surface area (Å²) in [6, 6.07) is 0. The summed E-state index contributed by atoms with van der Waals surface area (Å²) in [4.78, 5) is 30.5. The van der Waals surface area contributed by atoms with Crippen molar-refractivity contribution in [3.05, 3.63) is 11.1 Å². The van der Waals surface area contributed by atoms with Crippen LogP contribution in [0.15, 0.2) is 19.6 Å². The molecule has 0 spiro atoms. The van der Waals surface area contributed by atoms with Gasteiger partial charge < -0.3 is 0 Å². The number of hydrogen-bond donors (Lipinski definition) is 0. The molecule has 0 fully saturated rings. The van der Waals surface area contributed by atoms with Crippen molar-refractivity contribution < 1.29 is 9.59 Å². The molecule has 0 heterocycles. The van der Waals surface area contributed by atoms with Crippen LogP contribution in [0.2, 0.25) is 0 Å². The van der Waals surface area contributed by atoms with Crippen LogP contribution in [0.1, 0.15) is 203 Å². The third-order valence-corrected chi connectivity index (χ3v) is 14.1. The maximum absolute atomic E-state index is 13.4. The Morgan fingerprint density at radius 3 is 0.729 bits per heavy atom. The van der Waals surface area contributed by atoms with Crippen molar-refractivity contribution in [3.8, 4) is 0 Å². The summed E-state index contributed by atoms with van der Waals surface area (Å²) in [6.45, 7) is 8.99. The van der Waals surface area contributed by atoms with Gasteiger partial charge in [0.15, 0.2) is 0 Å². The molecule has 278 valence electrons. The van der Waals surface area contributed by atoms with Gasteiger partial charge in [-0.05, 0) is 71.9 Å². The number of carbonyl (C=O) groups excluding carboxylic acids is 2. The molecule has 2 nitrogen and oxygen atoms in total. The summed E-state index contributed by atoms with van der Waals surface area (Å²) in [5.41, 5.74) is 1.25. The van der Waals surface area contributed by atoms with E-state index in [1.165, 1.54) is 128 Å². The molecule has 0 atom stereocenters. The number of carbonyl (C=O) groups is 2. The molecule has 0 aliphatic heterocycles. The van der Waals surface area contributed by atoms with Crippen LogP contribution in [0.5, 0.6) is 0 Å². The van der Waals surface area contributed by atoms with E-state index in [1.54, 1.807) is 47.0 Å². The van der Waals surface area contributed by atoms with Gasteiger partial charge in [0.1, 0.15) is 0 Å². The van der Waals surface area contributed by atoms with Gasteiger partial charge in [0, 0.05) is 19.6 Å². The zero-order chi connectivity index (χ0) is 35.2. The number of hydrogen-bond acceptors (Lipinski definition) is 6. The smallest absolute Gasteiger partial charge is 0.254 e. The molecular weight excluding hydrogens is 712 g/mol. The highest BCUT2D eigenvalue weighted by atomic mass is 35.5. The Labute approximate surface area is 323 Å². The van der Waals surface area contributed by atoms with Gasteiger partial charge in [-0.15, -0.1) is 47.0 Å². The predicted molar refractivity (Wildman–Crippen MR) is 223 cm³/mol. The van der Waals surface area contributed by atoms with E-state index in [2.05, 4.69) is 27.7 Å². The zero-order valence-corrected chi connectivity index (χ0v) is 35.8. The average Bonchev–Trinajstić information content (AvgIpc) is 3.06. The van der Waals surface area contributed by atoms with Gasteiger partial charge in [-0.1, -0.05) is 156 Å². The third-order valence-electron chi connectivity index (χ3n) is 8.69. The lowest BCUT2D eigenvalue weighted by Crippen LogP contribution is -2.09. The molecule has 0 saturated heterocycles. The van der Waals surface area contributed by atoms with Crippen LogP contribution in [0.3, 0.4) is 0 Å². The fourth-order valence-electron chi connectivity index (χ4n) is 5.79. The van der Waals surface area contributed by atoms with E-state index in [0.29, 0.717) is 11.1 Å². The van der Waals surface area contributed by atoms with Gasteiger partial charge in [-0.25, -0.2) is 0 Å². The summed E-state index contributed by atoms with van der Waals surface area (Å²) in [5.74, 6) is 3.65. The lowest BCUT2D eigenvalue weighted by atomic mass is 10.1. The lowest BCUT2D eigenvalue weighted by molar-refractivity contribution is 0.106. The molecule has 0 aliphatic rings. The van der Waals surface area contributed by atoms with Gasteiger partial charge in [-0.3, -0.25) is 9.59 Å². The third kappa shape index (κ3) is 20.5. The summed E-state index contributed by atoms with van der Waals surface area (Å²) in [6.07, 6.45) is 29.3. The summed E-state index contributed by atoms with van der Waals surface area (Å²) >= 11 is 20.0. The number of halogens is 2. The quantitative estimate of drug-likeness (QED) is 0.0394. The summed E-state index contributed by atoms with van der Waals surface area (Å²) in [7, 11) is 0. The fourth-order valence-corrected chi connectivity index (χ4v) is 11.7. The van der Waals surface area contributed by atoms with Crippen LogP contribution >= 0.6 is 70.2 Å². The molecule has 8 heteroatoms. The minimum Gasteiger partial charge on any atom is -0.276 e. The second-order valence-electron chi connectivity index (χ2n) is 13.1. The van der Waals surface area contributed by atoms with Crippen LogP contribution < -0.4 is 0 Å². The van der Waals surface area contributed by atoms with Crippen LogP contribution in [-0.4, -0.2) is 33.5 Å². The van der Waals surface area contributed by atoms with Crippen molar-refractivity contribution >= 4 is 80.7 Å². The van der Waals surface area contributed by atoms with Crippen molar-refractivity contribution in [3.63, 3.8) is 0 Å². The van der Waals surface area contributed by atoms with Gasteiger partial charge in [0.2, 0.25) is 0 Å². The Hall–Kier alpha value is 0.540. The molecule has 0 radical (unpaired) electrons. The standard InChI is InChI=1S/C40H68Cl2O2S4/c1-5-9-13-17-21-25-29-45-35-33(39(41)43)37(47-31-27-23-19-15-11-7-3)38(48-32-28-24-20-16-12-8-4)34(40(42)44)36(35)46-30-26-22-18-14-10-6-2/h5-32H2,1-4H3. The van der Waals surface area contributed by atoms with Crippen molar-refractivity contribution in [1.29, 1.82) is 0 Å². The van der Waals surface area contributed by atoms with E-state index < -0.39 is 10.5 Å². The second kappa shape index (κ2) is 32.2. The normalized spacial score (nSPS) is 11.5. The number of thioether (sulfide) groups is 4. The Bertz CT molecular complexity index is 850. The van der Waals surface area contributed by atoms with E-state index in [9.17, 15) is 9.59 Å². The second-order valence-corrected chi connectivity index (χ2v) is 18.2. The fraction of sp³-hybridized carbons (Fsp3) is 0.800. The molecule has 0 amide bonds. The van der Waals surface area contributed by atoms with E-state index in [-0.39, 0.29) is 0 Å². The molecule has 0 unspecified atom stereocenters. The molecule has 0 saturated carbocycles. The van der Waals surface area contributed by atoms with Crippen LogP contribution in [0.4, 0.5) is 0 Å². The molecule has 1 aromatic carbocycles. The van der Waals surface area contributed by atoms with Gasteiger partial charge >= 0.3 is 0 Å². The molecular formula is C40H68Cl2O2S4. The van der Waals surface area contributed by atoms with E-state index >= 15 is 0 Å². The molecule has 0 aliphatic carbocycles. The lowest BCUT2D eigenvalue weighted by Gasteiger charge is -2.23. The average molecular weight is 780 g/mol. The topological polar surface area (TPSA) is 34.1 Å². The minimum atomic E-state index is -0.401. The van der Waals surface area contributed by atoms with Crippen molar-refractivity contribution in [1.82, 2.24) is 0 Å². The maximum Gasteiger partial charge on any atom is 0.254 e. The Balaban J connectivity index is 3.46. The van der Waals surface area contributed by atoms with Gasteiger partial charge in [0.05, 0.1) is 11.1 Å². The zero-order valence-electron chi connectivity index (χ0n) is 31.0. The van der Waals surface area contributed by atoms with Gasteiger partial charge in [0.25, 0.3) is 10.5 Å². The minimum absolute atomic E-state index is 0.401.